The van der Waals surface area contributed by atoms with Crippen molar-refractivity contribution in [3.8, 4) is 55.9 Å². The van der Waals surface area contributed by atoms with E-state index in [9.17, 15) is 0 Å². The predicted octanol–water partition coefficient (Wildman–Crippen LogP) is 16.0. The zero-order chi connectivity index (χ0) is 44.4. The third-order valence-electron chi connectivity index (χ3n) is 11.7. The van der Waals surface area contributed by atoms with Crippen LogP contribution < -0.4 is 0 Å². The van der Waals surface area contributed by atoms with Gasteiger partial charge in [-0.1, -0.05) is 213 Å². The van der Waals surface area contributed by atoms with Crippen LogP contribution in [0.1, 0.15) is 24.1 Å². The molecule has 1 aliphatic heterocycles. The van der Waals surface area contributed by atoms with E-state index in [1.165, 1.54) is 95.5 Å². The lowest BCUT2D eigenvalue weighted by Crippen LogP contribution is -2.18. The summed E-state index contributed by atoms with van der Waals surface area (Å²) in [5.41, 5.74) is 16.1. The number of hydrogen-bond donors (Lipinski definition) is 0. The van der Waals surface area contributed by atoms with E-state index in [1.807, 2.05) is 36.4 Å². The highest BCUT2D eigenvalue weighted by molar-refractivity contribution is 6.13. The normalized spacial score (nSPS) is 11.7. The van der Waals surface area contributed by atoms with Gasteiger partial charge in [0.2, 0.25) is 0 Å². The van der Waals surface area contributed by atoms with E-state index in [2.05, 4.69) is 229 Å². The number of aryl methyl sites for hydroxylation is 2. The van der Waals surface area contributed by atoms with Gasteiger partial charge >= 0.3 is 0 Å². The van der Waals surface area contributed by atoms with E-state index in [1.54, 1.807) is 0 Å². The number of fused-ring (bicyclic) bond motifs is 3. The molecule has 0 radical (unpaired) electrons. The predicted molar refractivity (Wildman–Crippen MR) is 281 cm³/mol. The third-order valence-corrected chi connectivity index (χ3v) is 11.7. The van der Waals surface area contributed by atoms with Crippen LogP contribution in [0.25, 0.3) is 83.1 Å². The highest BCUT2D eigenvalue weighted by Gasteiger charge is 2.12. The van der Waals surface area contributed by atoms with Crippen molar-refractivity contribution in [2.24, 2.45) is 0 Å². The molecule has 0 fully saturated rings. The number of allylic oxidation sites excluding steroid dienone is 2. The smallest absolute Gasteiger partial charge is 0.162 e. The summed E-state index contributed by atoms with van der Waals surface area (Å²) in [5, 5.41) is 5.19. The first kappa shape index (κ1) is 44.4. The lowest BCUT2D eigenvalue weighted by molar-refractivity contribution is 0.531. The average Bonchev–Trinajstić information content (AvgIpc) is 3.37. The fourth-order valence-electron chi connectivity index (χ4n) is 8.46. The maximum absolute atomic E-state index is 4.16. The summed E-state index contributed by atoms with van der Waals surface area (Å²) in [7, 11) is 2.14. The van der Waals surface area contributed by atoms with E-state index in [0.29, 0.717) is 5.82 Å². The van der Waals surface area contributed by atoms with Gasteiger partial charge in [0.1, 0.15) is 12.7 Å². The summed E-state index contributed by atoms with van der Waals surface area (Å²) < 4.78 is 0. The molecule has 4 nitrogen and oxygen atoms in total. The molecular formula is C62H54N4. The van der Waals surface area contributed by atoms with Gasteiger partial charge in [-0.2, -0.15) is 0 Å². The highest BCUT2D eigenvalue weighted by Crippen LogP contribution is 2.37. The molecule has 0 amide bonds. The number of benzene rings is 9. The summed E-state index contributed by atoms with van der Waals surface area (Å²) in [4.78, 5) is 14.4. The Bertz CT molecular complexity index is 3190. The number of likely N-dealkylation sites (N-methyl/N-ethyl adjacent to an activating group) is 1. The minimum Gasteiger partial charge on any atom is -0.370 e. The molecule has 0 spiro atoms. The average molecular weight is 855 g/mol. The second-order valence-electron chi connectivity index (χ2n) is 16.4. The fourth-order valence-corrected chi connectivity index (χ4v) is 8.46. The highest BCUT2D eigenvalue weighted by atomic mass is 15.1. The van der Waals surface area contributed by atoms with E-state index < -0.39 is 0 Å². The first-order valence-corrected chi connectivity index (χ1v) is 22.1. The minimum atomic E-state index is 0. The Morgan fingerprint density at radius 3 is 1.61 bits per heavy atom. The molecule has 2 heterocycles. The van der Waals surface area contributed by atoms with Crippen LogP contribution in [-0.2, 0) is 0 Å². The minimum absolute atomic E-state index is 0. The monoisotopic (exact) mass is 854 g/mol. The first-order chi connectivity index (χ1) is 32.0. The van der Waals surface area contributed by atoms with Crippen LogP contribution in [0.2, 0.25) is 0 Å². The van der Waals surface area contributed by atoms with E-state index in [-0.39, 0.29) is 7.43 Å². The summed E-state index contributed by atoms with van der Waals surface area (Å²) in [5.74, 6) is 0.697. The van der Waals surface area contributed by atoms with Gasteiger partial charge in [-0.25, -0.2) is 15.0 Å². The number of aromatic nitrogens is 3. The largest absolute Gasteiger partial charge is 0.370 e. The zero-order valence-corrected chi connectivity index (χ0v) is 37.0. The Hall–Kier alpha value is -8.21. The molecule has 4 heteroatoms. The van der Waals surface area contributed by atoms with E-state index >= 15 is 0 Å². The van der Waals surface area contributed by atoms with Crippen LogP contribution in [0.3, 0.4) is 0 Å². The van der Waals surface area contributed by atoms with Gasteiger partial charge in [0.05, 0.1) is 0 Å². The van der Waals surface area contributed by atoms with E-state index in [4.69, 9.17) is 0 Å². The Balaban J connectivity index is 0.000000154. The molecule has 9 aromatic carbocycles. The molecule has 0 saturated heterocycles. The number of rotatable bonds is 6. The summed E-state index contributed by atoms with van der Waals surface area (Å²) in [6.45, 7) is 5.26. The van der Waals surface area contributed by atoms with Gasteiger partial charge in [0.15, 0.2) is 5.82 Å². The SMILES string of the molecule is C.Cc1cc(-c2ccc(C3=CC=CCN3C)cc2)cc(-c2cc3ccccc3c3ccccc23)c1.Cc1cccc(-c2ccccc2)c1.c1ccc(-c2cccc(-c3ncncn3)c2)cc1. The van der Waals surface area contributed by atoms with Crippen LogP contribution >= 0.6 is 0 Å². The van der Waals surface area contributed by atoms with Gasteiger partial charge in [-0.15, -0.1) is 0 Å². The second-order valence-corrected chi connectivity index (χ2v) is 16.4. The molecule has 66 heavy (non-hydrogen) atoms. The molecule has 0 N–H and O–H groups in total. The van der Waals surface area contributed by atoms with Gasteiger partial charge in [0.25, 0.3) is 0 Å². The summed E-state index contributed by atoms with van der Waals surface area (Å²) in [6.07, 6.45) is 9.54. The molecule has 0 bridgehead atoms. The zero-order valence-electron chi connectivity index (χ0n) is 37.0. The van der Waals surface area contributed by atoms with Crippen molar-refractivity contribution in [2.75, 3.05) is 13.6 Å². The van der Waals surface area contributed by atoms with Gasteiger partial charge in [0, 0.05) is 24.9 Å². The molecule has 0 aliphatic carbocycles. The third kappa shape index (κ3) is 10.4. The second kappa shape index (κ2) is 21.0. The Morgan fingerprint density at radius 2 is 0.924 bits per heavy atom. The van der Waals surface area contributed by atoms with Crippen LogP contribution in [0.5, 0.6) is 0 Å². The Kier molecular flexibility index (Phi) is 14.1. The molecule has 322 valence electrons. The van der Waals surface area contributed by atoms with Crippen LogP contribution in [0, 0.1) is 13.8 Å². The lowest BCUT2D eigenvalue weighted by atomic mass is 9.90. The maximum Gasteiger partial charge on any atom is 0.162 e. The van der Waals surface area contributed by atoms with Crippen LogP contribution in [0.4, 0.5) is 0 Å². The van der Waals surface area contributed by atoms with Gasteiger partial charge in [-0.05, 0) is 115 Å². The van der Waals surface area contributed by atoms with Gasteiger partial charge in [-0.3, -0.25) is 0 Å². The molecule has 10 aromatic rings. The van der Waals surface area contributed by atoms with Gasteiger partial charge < -0.3 is 4.90 Å². The summed E-state index contributed by atoms with van der Waals surface area (Å²) in [6, 6.07) is 73.2. The molecule has 0 saturated carbocycles. The quantitative estimate of drug-likeness (QED) is 0.156. The van der Waals surface area contributed by atoms with Crippen LogP contribution in [-0.4, -0.2) is 33.4 Å². The number of hydrogen-bond acceptors (Lipinski definition) is 4. The van der Waals surface area contributed by atoms with E-state index in [0.717, 1.165) is 17.7 Å². The number of nitrogens with zero attached hydrogens (tertiary/aromatic N) is 4. The van der Waals surface area contributed by atoms with Crippen molar-refractivity contribution < 1.29 is 0 Å². The summed E-state index contributed by atoms with van der Waals surface area (Å²) >= 11 is 0. The first-order valence-electron chi connectivity index (χ1n) is 22.1. The maximum atomic E-state index is 4.16. The molecular weight excluding hydrogens is 801 g/mol. The molecule has 1 aromatic heterocycles. The molecule has 0 atom stereocenters. The lowest BCUT2D eigenvalue weighted by Gasteiger charge is -2.23. The molecule has 0 unspecified atom stereocenters. The molecule has 1 aliphatic rings. The van der Waals surface area contributed by atoms with Crippen molar-refractivity contribution in [1.29, 1.82) is 0 Å². The van der Waals surface area contributed by atoms with Crippen molar-refractivity contribution in [1.82, 2.24) is 19.9 Å². The Labute approximate surface area is 390 Å². The van der Waals surface area contributed by atoms with Crippen molar-refractivity contribution >= 4 is 27.2 Å². The van der Waals surface area contributed by atoms with Crippen molar-refractivity contribution in [3.63, 3.8) is 0 Å². The standard InChI is InChI=1S/C33H27N.C15H11N3.C13H12.CH4/c1-23-19-27(24-14-16-25(17-15-24)33-13-7-8-18-34(33)2)21-28(20-23)32-22-26-9-3-4-10-29(26)30-11-5-6-12-31(30)32;1-2-5-12(6-3-1)13-7-4-8-14(9-13)15-17-10-16-11-18-15;1-11-6-5-9-13(10-11)12-7-3-2-4-8-12;/h3-17,19-22H,18H2,1-2H3;1-11H;2-10H,1H3;1H4. The van der Waals surface area contributed by atoms with Crippen LogP contribution in [0.15, 0.2) is 237 Å². The topological polar surface area (TPSA) is 41.9 Å². The molecule has 11 rings (SSSR count). The van der Waals surface area contributed by atoms with Crippen molar-refractivity contribution in [2.45, 2.75) is 21.3 Å². The van der Waals surface area contributed by atoms with Crippen molar-refractivity contribution in [3.05, 3.63) is 254 Å². The fraction of sp³-hybridized carbons (Fsp3) is 0.0806. The Morgan fingerprint density at radius 1 is 0.409 bits per heavy atom.